The average Bonchev–Trinajstić information content (AvgIpc) is 3.30. The second-order valence-electron chi connectivity index (χ2n) is 7.81. The van der Waals surface area contributed by atoms with Gasteiger partial charge in [0.15, 0.2) is 0 Å². The van der Waals surface area contributed by atoms with Crippen LogP contribution in [-0.4, -0.2) is 40.5 Å². The molecule has 2 saturated heterocycles. The van der Waals surface area contributed by atoms with Gasteiger partial charge in [-0.2, -0.15) is 0 Å². The molecular weight excluding hydrogens is 322 g/mol. The Balaban J connectivity index is 1.44. The number of amides is 1. The van der Waals surface area contributed by atoms with Gasteiger partial charge in [-0.3, -0.25) is 4.79 Å². The fraction of sp³-hybridized carbons (Fsp3) is 0.591. The topological polar surface area (TPSA) is 37.3 Å². The summed E-state index contributed by atoms with van der Waals surface area (Å²) in [6.45, 7) is 5.15. The van der Waals surface area contributed by atoms with E-state index >= 15 is 0 Å². The van der Waals surface area contributed by atoms with Gasteiger partial charge < -0.3 is 14.8 Å². The molecule has 2 atom stereocenters. The van der Waals surface area contributed by atoms with Crippen molar-refractivity contribution in [1.29, 1.82) is 0 Å². The standard InChI is InChI=1S/C22H31N3O/c1-2-24-19(16-17-8-3-4-11-21(17)24)13-12-18-9-7-15-25(18)22(26)20-10-5-6-14-23-20/h3-4,8,11,16,18,20,23H,2,5-7,9-10,12-15H2,1H3/t18-,20?/m0/s1. The van der Waals surface area contributed by atoms with E-state index < -0.39 is 0 Å². The maximum atomic E-state index is 12.9. The van der Waals surface area contributed by atoms with Gasteiger partial charge >= 0.3 is 0 Å². The largest absolute Gasteiger partial charge is 0.345 e. The highest BCUT2D eigenvalue weighted by molar-refractivity contribution is 5.83. The monoisotopic (exact) mass is 353 g/mol. The van der Waals surface area contributed by atoms with Gasteiger partial charge in [0.25, 0.3) is 0 Å². The van der Waals surface area contributed by atoms with Crippen molar-refractivity contribution in [2.24, 2.45) is 0 Å². The molecule has 4 heteroatoms. The molecule has 1 amide bonds. The molecule has 1 aromatic carbocycles. The molecule has 1 unspecified atom stereocenters. The first-order valence-electron chi connectivity index (χ1n) is 10.4. The molecule has 4 nitrogen and oxygen atoms in total. The molecule has 0 aliphatic carbocycles. The van der Waals surface area contributed by atoms with E-state index in [2.05, 4.69) is 52.0 Å². The van der Waals surface area contributed by atoms with Crippen LogP contribution in [0.3, 0.4) is 0 Å². The van der Waals surface area contributed by atoms with Crippen molar-refractivity contribution in [3.8, 4) is 0 Å². The Kier molecular flexibility index (Phi) is 5.30. The molecule has 0 radical (unpaired) electrons. The van der Waals surface area contributed by atoms with Crippen molar-refractivity contribution < 1.29 is 4.79 Å². The van der Waals surface area contributed by atoms with Crippen molar-refractivity contribution in [3.05, 3.63) is 36.0 Å². The van der Waals surface area contributed by atoms with Gasteiger partial charge in [0.1, 0.15) is 0 Å². The normalized spacial score (nSPS) is 23.7. The average molecular weight is 354 g/mol. The Bertz CT molecular complexity index is 760. The van der Waals surface area contributed by atoms with Gasteiger partial charge in [0.05, 0.1) is 6.04 Å². The van der Waals surface area contributed by atoms with Crippen LogP contribution in [0.25, 0.3) is 10.9 Å². The van der Waals surface area contributed by atoms with Crippen molar-refractivity contribution >= 4 is 16.8 Å². The maximum Gasteiger partial charge on any atom is 0.239 e. The third kappa shape index (κ3) is 3.39. The first-order chi connectivity index (χ1) is 12.8. The van der Waals surface area contributed by atoms with E-state index in [4.69, 9.17) is 0 Å². The van der Waals surface area contributed by atoms with Gasteiger partial charge in [0.2, 0.25) is 5.91 Å². The van der Waals surface area contributed by atoms with E-state index in [9.17, 15) is 4.79 Å². The molecule has 0 spiro atoms. The van der Waals surface area contributed by atoms with Crippen molar-refractivity contribution in [2.45, 2.75) is 70.5 Å². The summed E-state index contributed by atoms with van der Waals surface area (Å²) in [4.78, 5) is 15.1. The molecule has 2 aromatic rings. The summed E-state index contributed by atoms with van der Waals surface area (Å²) in [7, 11) is 0. The number of likely N-dealkylation sites (tertiary alicyclic amines) is 1. The third-order valence-electron chi connectivity index (χ3n) is 6.21. The Morgan fingerprint density at radius 3 is 2.88 bits per heavy atom. The zero-order valence-electron chi connectivity index (χ0n) is 15.9. The highest BCUT2D eigenvalue weighted by Crippen LogP contribution is 2.26. The second-order valence-corrected chi connectivity index (χ2v) is 7.81. The minimum absolute atomic E-state index is 0.0615. The van der Waals surface area contributed by atoms with Gasteiger partial charge in [-0.05, 0) is 69.5 Å². The number of para-hydroxylation sites is 1. The van der Waals surface area contributed by atoms with Crippen LogP contribution in [0.15, 0.2) is 30.3 Å². The molecule has 1 aromatic heterocycles. The Morgan fingerprint density at radius 2 is 2.08 bits per heavy atom. The zero-order chi connectivity index (χ0) is 17.9. The number of piperidine rings is 1. The van der Waals surface area contributed by atoms with Gasteiger partial charge in [-0.1, -0.05) is 24.6 Å². The van der Waals surface area contributed by atoms with Crippen molar-refractivity contribution in [3.63, 3.8) is 0 Å². The predicted molar refractivity (Wildman–Crippen MR) is 106 cm³/mol. The van der Waals surface area contributed by atoms with Crippen LogP contribution < -0.4 is 5.32 Å². The van der Waals surface area contributed by atoms with Crippen molar-refractivity contribution in [1.82, 2.24) is 14.8 Å². The third-order valence-corrected chi connectivity index (χ3v) is 6.21. The second kappa shape index (κ2) is 7.83. The number of carbonyl (C=O) groups is 1. The number of aromatic nitrogens is 1. The highest BCUT2D eigenvalue weighted by atomic mass is 16.2. The van der Waals surface area contributed by atoms with Crippen LogP contribution in [0.2, 0.25) is 0 Å². The molecular formula is C22H31N3O. The number of hydrogen-bond donors (Lipinski definition) is 1. The number of nitrogens with one attached hydrogen (secondary N) is 1. The Hall–Kier alpha value is -1.81. The van der Waals surface area contributed by atoms with E-state index in [1.165, 1.54) is 29.4 Å². The number of nitrogens with zero attached hydrogens (tertiary/aromatic N) is 2. The molecule has 2 aliphatic heterocycles. The molecule has 2 aliphatic rings. The molecule has 4 rings (SSSR count). The first-order valence-corrected chi connectivity index (χ1v) is 10.4. The van der Waals surface area contributed by atoms with Crippen LogP contribution in [0.4, 0.5) is 0 Å². The Morgan fingerprint density at radius 1 is 1.19 bits per heavy atom. The molecule has 0 saturated carbocycles. The van der Waals surface area contributed by atoms with Crippen LogP contribution >= 0.6 is 0 Å². The number of aryl methyl sites for hydroxylation is 2. The predicted octanol–water partition coefficient (Wildman–Crippen LogP) is 3.73. The lowest BCUT2D eigenvalue weighted by molar-refractivity contribution is -0.135. The summed E-state index contributed by atoms with van der Waals surface area (Å²) in [6.07, 6.45) is 7.83. The first kappa shape index (κ1) is 17.6. The number of hydrogen-bond acceptors (Lipinski definition) is 2. The fourth-order valence-corrected chi connectivity index (χ4v) is 4.85. The smallest absolute Gasteiger partial charge is 0.239 e. The number of carbonyl (C=O) groups excluding carboxylic acids is 1. The van der Waals surface area contributed by atoms with E-state index in [1.807, 2.05) is 0 Å². The maximum absolute atomic E-state index is 12.9. The van der Waals surface area contributed by atoms with Gasteiger partial charge in [-0.25, -0.2) is 0 Å². The lowest BCUT2D eigenvalue weighted by Gasteiger charge is -2.31. The lowest BCUT2D eigenvalue weighted by Crippen LogP contribution is -2.50. The number of benzene rings is 1. The SMILES string of the molecule is CCn1c(CC[C@@H]2CCCN2C(=O)C2CCCCN2)cc2ccccc21. The number of rotatable bonds is 5. The molecule has 26 heavy (non-hydrogen) atoms. The summed E-state index contributed by atoms with van der Waals surface area (Å²) in [5.74, 6) is 0.350. The summed E-state index contributed by atoms with van der Waals surface area (Å²) in [5, 5.41) is 4.76. The fourth-order valence-electron chi connectivity index (χ4n) is 4.85. The Labute approximate surface area is 156 Å². The summed E-state index contributed by atoms with van der Waals surface area (Å²) >= 11 is 0. The summed E-state index contributed by atoms with van der Waals surface area (Å²) in [6, 6.07) is 11.4. The summed E-state index contributed by atoms with van der Waals surface area (Å²) in [5.41, 5.74) is 2.74. The molecule has 1 N–H and O–H groups in total. The quantitative estimate of drug-likeness (QED) is 0.889. The zero-order valence-corrected chi connectivity index (χ0v) is 15.9. The van der Waals surface area contributed by atoms with Gasteiger partial charge in [-0.15, -0.1) is 0 Å². The van der Waals surface area contributed by atoms with Crippen LogP contribution in [-0.2, 0) is 17.8 Å². The molecule has 2 fully saturated rings. The minimum Gasteiger partial charge on any atom is -0.345 e. The highest BCUT2D eigenvalue weighted by Gasteiger charge is 2.33. The van der Waals surface area contributed by atoms with Gasteiger partial charge in [0, 0.05) is 30.3 Å². The molecule has 140 valence electrons. The van der Waals surface area contributed by atoms with Crippen molar-refractivity contribution in [2.75, 3.05) is 13.1 Å². The van der Waals surface area contributed by atoms with Crippen LogP contribution in [0, 0.1) is 0 Å². The molecule has 3 heterocycles. The lowest BCUT2D eigenvalue weighted by atomic mass is 10.0. The van der Waals surface area contributed by atoms with E-state index in [0.717, 1.165) is 51.7 Å². The van der Waals surface area contributed by atoms with E-state index in [0.29, 0.717) is 11.9 Å². The van der Waals surface area contributed by atoms with E-state index in [1.54, 1.807) is 0 Å². The van der Waals surface area contributed by atoms with E-state index in [-0.39, 0.29) is 6.04 Å². The van der Waals surface area contributed by atoms with Crippen LogP contribution in [0.5, 0.6) is 0 Å². The van der Waals surface area contributed by atoms with Crippen LogP contribution in [0.1, 0.15) is 51.1 Å². The minimum atomic E-state index is 0.0615. The number of fused-ring (bicyclic) bond motifs is 1. The summed E-state index contributed by atoms with van der Waals surface area (Å²) < 4.78 is 2.43. The molecule has 0 bridgehead atoms.